The van der Waals surface area contributed by atoms with Gasteiger partial charge < -0.3 is 19.7 Å². The Bertz CT molecular complexity index is 795. The van der Waals surface area contributed by atoms with Crippen LogP contribution in [0.5, 0.6) is 5.75 Å². The van der Waals surface area contributed by atoms with E-state index in [-0.39, 0.29) is 11.9 Å². The lowest BCUT2D eigenvalue weighted by atomic mass is 9.89. The van der Waals surface area contributed by atoms with Gasteiger partial charge >= 0.3 is 0 Å². The minimum atomic E-state index is 0.0512. The lowest BCUT2D eigenvalue weighted by molar-refractivity contribution is 0.0704. The van der Waals surface area contributed by atoms with Crippen molar-refractivity contribution < 1.29 is 14.3 Å². The van der Waals surface area contributed by atoms with Gasteiger partial charge in [-0.15, -0.1) is 0 Å². The standard InChI is InChI=1S/C23H28N2O3/c1-2-27-12-13-28-21-11-7-6-10-19(21)23(26)25-16-18-14-24-15-20(18)22(25)17-8-4-3-5-9-17/h3-11,18,20,22,24H,2,12-16H2,1H3/t18-,20-,22+/m0/s1. The highest BCUT2D eigenvalue weighted by Gasteiger charge is 2.47. The predicted octanol–water partition coefficient (Wildman–Crippen LogP) is 3.13. The summed E-state index contributed by atoms with van der Waals surface area (Å²) in [4.78, 5) is 15.6. The van der Waals surface area contributed by atoms with E-state index in [1.54, 1.807) is 0 Å². The molecule has 3 atom stereocenters. The Balaban J connectivity index is 1.58. The quantitative estimate of drug-likeness (QED) is 0.750. The van der Waals surface area contributed by atoms with E-state index in [0.717, 1.165) is 19.6 Å². The number of carbonyl (C=O) groups is 1. The largest absolute Gasteiger partial charge is 0.490 e. The van der Waals surface area contributed by atoms with Crippen LogP contribution in [-0.2, 0) is 4.74 Å². The second-order valence-electron chi connectivity index (χ2n) is 7.44. The third kappa shape index (κ3) is 3.77. The van der Waals surface area contributed by atoms with Gasteiger partial charge in [-0.25, -0.2) is 0 Å². The van der Waals surface area contributed by atoms with Crippen LogP contribution >= 0.6 is 0 Å². The second kappa shape index (κ2) is 8.76. The molecular formula is C23H28N2O3. The van der Waals surface area contributed by atoms with E-state index in [0.29, 0.717) is 43.0 Å². The van der Waals surface area contributed by atoms with Gasteiger partial charge in [0.25, 0.3) is 5.91 Å². The molecule has 2 aromatic carbocycles. The van der Waals surface area contributed by atoms with Crippen LogP contribution in [0.4, 0.5) is 0 Å². The smallest absolute Gasteiger partial charge is 0.258 e. The van der Waals surface area contributed by atoms with Crippen molar-refractivity contribution in [3.8, 4) is 5.75 Å². The van der Waals surface area contributed by atoms with Gasteiger partial charge in [-0.1, -0.05) is 42.5 Å². The summed E-state index contributed by atoms with van der Waals surface area (Å²) in [6.07, 6.45) is 0. The monoisotopic (exact) mass is 380 g/mol. The SMILES string of the molecule is CCOCCOc1ccccc1C(=O)N1C[C@@H]2CNC[C@@H]2[C@H]1c1ccccc1. The molecule has 1 amide bonds. The van der Waals surface area contributed by atoms with Crippen molar-refractivity contribution in [3.05, 3.63) is 65.7 Å². The summed E-state index contributed by atoms with van der Waals surface area (Å²) in [6, 6.07) is 18.1. The molecule has 0 bridgehead atoms. The van der Waals surface area contributed by atoms with Crippen LogP contribution in [0.25, 0.3) is 0 Å². The fourth-order valence-electron chi connectivity index (χ4n) is 4.49. The van der Waals surface area contributed by atoms with Crippen molar-refractivity contribution >= 4 is 5.91 Å². The van der Waals surface area contributed by atoms with Crippen molar-refractivity contribution in [1.82, 2.24) is 10.2 Å². The molecule has 0 aromatic heterocycles. The van der Waals surface area contributed by atoms with Gasteiger partial charge in [0.1, 0.15) is 12.4 Å². The molecular weight excluding hydrogens is 352 g/mol. The fraction of sp³-hybridized carbons (Fsp3) is 0.435. The molecule has 5 nitrogen and oxygen atoms in total. The van der Waals surface area contributed by atoms with Crippen LogP contribution in [0.15, 0.2) is 54.6 Å². The van der Waals surface area contributed by atoms with Gasteiger partial charge in [-0.3, -0.25) is 4.79 Å². The number of hydrogen-bond acceptors (Lipinski definition) is 4. The normalized spacial score (nSPS) is 23.6. The van der Waals surface area contributed by atoms with Crippen molar-refractivity contribution in [2.45, 2.75) is 13.0 Å². The molecule has 0 saturated carbocycles. The molecule has 5 heteroatoms. The zero-order valence-corrected chi connectivity index (χ0v) is 16.3. The summed E-state index contributed by atoms with van der Waals surface area (Å²) in [5.74, 6) is 1.64. The maximum absolute atomic E-state index is 13.6. The highest BCUT2D eigenvalue weighted by molar-refractivity contribution is 5.97. The van der Waals surface area contributed by atoms with E-state index >= 15 is 0 Å². The zero-order chi connectivity index (χ0) is 19.3. The molecule has 1 N–H and O–H groups in total. The van der Waals surface area contributed by atoms with Crippen molar-refractivity contribution in [1.29, 1.82) is 0 Å². The summed E-state index contributed by atoms with van der Waals surface area (Å²) < 4.78 is 11.2. The molecule has 28 heavy (non-hydrogen) atoms. The number of rotatable bonds is 7. The maximum atomic E-state index is 13.6. The van der Waals surface area contributed by atoms with E-state index in [1.807, 2.05) is 37.3 Å². The number of para-hydroxylation sites is 1. The average molecular weight is 380 g/mol. The Kier molecular flexibility index (Phi) is 5.93. The number of amides is 1. The van der Waals surface area contributed by atoms with E-state index in [4.69, 9.17) is 9.47 Å². The number of benzene rings is 2. The molecule has 2 heterocycles. The van der Waals surface area contributed by atoms with Crippen LogP contribution in [0.3, 0.4) is 0 Å². The summed E-state index contributed by atoms with van der Waals surface area (Å²) in [5, 5.41) is 3.50. The van der Waals surface area contributed by atoms with E-state index in [1.165, 1.54) is 5.56 Å². The van der Waals surface area contributed by atoms with Crippen molar-refractivity contribution in [2.75, 3.05) is 39.5 Å². The molecule has 2 fully saturated rings. The predicted molar refractivity (Wildman–Crippen MR) is 108 cm³/mol. The number of carbonyl (C=O) groups excluding carboxylic acids is 1. The summed E-state index contributed by atoms with van der Waals surface area (Å²) in [6.45, 7) is 6.29. The van der Waals surface area contributed by atoms with E-state index in [9.17, 15) is 4.79 Å². The van der Waals surface area contributed by atoms with Gasteiger partial charge in [-0.05, 0) is 30.5 Å². The maximum Gasteiger partial charge on any atom is 0.258 e. The first-order valence-electron chi connectivity index (χ1n) is 10.2. The molecule has 2 saturated heterocycles. The number of fused-ring (bicyclic) bond motifs is 1. The Morgan fingerprint density at radius 1 is 1.07 bits per heavy atom. The molecule has 2 aliphatic heterocycles. The number of ether oxygens (including phenoxy) is 2. The molecule has 0 unspecified atom stereocenters. The van der Waals surface area contributed by atoms with Crippen molar-refractivity contribution in [2.24, 2.45) is 11.8 Å². The van der Waals surface area contributed by atoms with Crippen molar-refractivity contribution in [3.63, 3.8) is 0 Å². The third-order valence-corrected chi connectivity index (χ3v) is 5.77. The third-order valence-electron chi connectivity index (χ3n) is 5.77. The summed E-state index contributed by atoms with van der Waals surface area (Å²) in [5.41, 5.74) is 1.84. The van der Waals surface area contributed by atoms with Crippen LogP contribution < -0.4 is 10.1 Å². The molecule has 148 valence electrons. The van der Waals surface area contributed by atoms with Gasteiger partial charge in [0, 0.05) is 32.2 Å². The highest BCUT2D eigenvalue weighted by atomic mass is 16.5. The number of likely N-dealkylation sites (tertiary alicyclic amines) is 1. The molecule has 0 spiro atoms. The van der Waals surface area contributed by atoms with Gasteiger partial charge in [0.2, 0.25) is 0 Å². The molecule has 0 aliphatic carbocycles. The van der Waals surface area contributed by atoms with Crippen LogP contribution in [-0.4, -0.2) is 50.3 Å². The number of hydrogen-bond donors (Lipinski definition) is 1. The minimum Gasteiger partial charge on any atom is -0.490 e. The lowest BCUT2D eigenvalue weighted by Crippen LogP contribution is -2.35. The number of nitrogens with zero attached hydrogens (tertiary/aromatic N) is 1. The Morgan fingerprint density at radius 2 is 1.86 bits per heavy atom. The molecule has 2 aromatic rings. The lowest BCUT2D eigenvalue weighted by Gasteiger charge is -2.29. The first-order chi connectivity index (χ1) is 13.8. The fourth-order valence-corrected chi connectivity index (χ4v) is 4.49. The number of nitrogens with one attached hydrogen (secondary N) is 1. The molecule has 0 radical (unpaired) electrons. The molecule has 4 rings (SSSR count). The Hall–Kier alpha value is -2.37. The van der Waals surface area contributed by atoms with E-state index in [2.05, 4.69) is 34.5 Å². The van der Waals surface area contributed by atoms with E-state index < -0.39 is 0 Å². The topological polar surface area (TPSA) is 50.8 Å². The van der Waals surface area contributed by atoms with Gasteiger partial charge in [0.05, 0.1) is 18.2 Å². The van der Waals surface area contributed by atoms with Crippen LogP contribution in [0, 0.1) is 11.8 Å². The van der Waals surface area contributed by atoms with Crippen LogP contribution in [0.2, 0.25) is 0 Å². The summed E-state index contributed by atoms with van der Waals surface area (Å²) in [7, 11) is 0. The molecule has 2 aliphatic rings. The minimum absolute atomic E-state index is 0.0512. The Labute approximate surface area is 166 Å². The average Bonchev–Trinajstić information content (AvgIpc) is 3.33. The Morgan fingerprint density at radius 3 is 2.68 bits per heavy atom. The highest BCUT2D eigenvalue weighted by Crippen LogP contribution is 2.43. The van der Waals surface area contributed by atoms with Gasteiger partial charge in [-0.2, -0.15) is 0 Å². The first-order valence-corrected chi connectivity index (χ1v) is 10.2. The summed E-state index contributed by atoms with van der Waals surface area (Å²) >= 11 is 0. The zero-order valence-electron chi connectivity index (χ0n) is 16.3. The van der Waals surface area contributed by atoms with Gasteiger partial charge in [0.15, 0.2) is 0 Å². The van der Waals surface area contributed by atoms with Crippen LogP contribution in [0.1, 0.15) is 28.9 Å². The first kappa shape index (κ1) is 19.0. The second-order valence-corrected chi connectivity index (χ2v) is 7.44.